The van der Waals surface area contributed by atoms with E-state index in [4.69, 9.17) is 11.5 Å². The second kappa shape index (κ2) is 2.78. The fourth-order valence-corrected chi connectivity index (χ4v) is 2.17. The third-order valence-corrected chi connectivity index (χ3v) is 3.97. The van der Waals surface area contributed by atoms with Gasteiger partial charge in [-0.05, 0) is 31.1 Å². The van der Waals surface area contributed by atoms with Gasteiger partial charge in [0, 0.05) is 12.0 Å². The number of hydrogen-bond donors (Lipinski definition) is 1. The van der Waals surface area contributed by atoms with Crippen molar-refractivity contribution in [1.29, 1.82) is 0 Å². The molecule has 1 heteroatoms. The van der Waals surface area contributed by atoms with Crippen LogP contribution in [0.25, 0.3) is 0 Å². The lowest BCUT2D eigenvalue weighted by Gasteiger charge is -2.37. The van der Waals surface area contributed by atoms with Gasteiger partial charge in [0.15, 0.2) is 0 Å². The molecule has 1 aliphatic rings. The first-order chi connectivity index (χ1) is 5.48. The highest BCUT2D eigenvalue weighted by atomic mass is 16.3. The average molecular weight is 166 g/mol. The highest BCUT2D eigenvalue weighted by molar-refractivity contribution is 5.15. The van der Waals surface area contributed by atoms with E-state index in [9.17, 15) is 0 Å². The van der Waals surface area contributed by atoms with Gasteiger partial charge in [0.1, 0.15) is 0 Å². The number of aliphatic hydroxyl groups is 1. The minimum absolute atomic E-state index is 0.0274. The first-order valence-corrected chi connectivity index (χ1v) is 4.56. The summed E-state index contributed by atoms with van der Waals surface area (Å²) in [6.45, 7) is 6.73. The summed E-state index contributed by atoms with van der Waals surface area (Å²) in [6.07, 6.45) is 7.63. The lowest BCUT2D eigenvalue weighted by atomic mass is 9.66. The molecular formula is C11H18O. The molecule has 0 bridgehead atoms. The van der Waals surface area contributed by atoms with Gasteiger partial charge in [-0.25, -0.2) is 0 Å². The molecule has 12 heavy (non-hydrogen) atoms. The van der Waals surface area contributed by atoms with Crippen LogP contribution >= 0.6 is 0 Å². The maximum Gasteiger partial charge on any atom is 0.0464 e. The predicted octanol–water partition coefficient (Wildman–Crippen LogP) is 2.05. The summed E-state index contributed by atoms with van der Waals surface area (Å²) < 4.78 is 0. The third kappa shape index (κ3) is 1.06. The molecule has 0 heterocycles. The van der Waals surface area contributed by atoms with Crippen LogP contribution in [0.3, 0.4) is 0 Å². The van der Waals surface area contributed by atoms with E-state index in [0.717, 1.165) is 12.8 Å². The monoisotopic (exact) mass is 166 g/mol. The minimum atomic E-state index is -0.0274. The molecule has 1 fully saturated rings. The summed E-state index contributed by atoms with van der Waals surface area (Å²) in [5, 5.41) is 9.16. The maximum absolute atomic E-state index is 9.16. The van der Waals surface area contributed by atoms with E-state index in [1.54, 1.807) is 0 Å². The van der Waals surface area contributed by atoms with Crippen molar-refractivity contribution in [3.8, 4) is 12.3 Å². The van der Waals surface area contributed by atoms with E-state index >= 15 is 0 Å². The van der Waals surface area contributed by atoms with E-state index < -0.39 is 0 Å². The molecule has 0 aromatic rings. The molecule has 0 aromatic carbocycles. The van der Waals surface area contributed by atoms with Crippen LogP contribution in [0.5, 0.6) is 0 Å². The summed E-state index contributed by atoms with van der Waals surface area (Å²) >= 11 is 0. The summed E-state index contributed by atoms with van der Waals surface area (Å²) in [5.41, 5.74) is 0.0525. The largest absolute Gasteiger partial charge is 0.396 e. The number of terminal acetylenes is 1. The molecule has 1 N–H and O–H groups in total. The molecule has 0 unspecified atom stereocenters. The molecule has 0 amide bonds. The fraction of sp³-hybridized carbons (Fsp3) is 0.818. The van der Waals surface area contributed by atoms with Crippen LogP contribution in [0.2, 0.25) is 0 Å². The highest BCUT2D eigenvalue weighted by Crippen LogP contribution is 2.55. The summed E-state index contributed by atoms with van der Waals surface area (Å²) in [5.74, 6) is 3.26. The van der Waals surface area contributed by atoms with Crippen LogP contribution in [0.1, 0.15) is 33.6 Å². The Morgan fingerprint density at radius 3 is 2.33 bits per heavy atom. The van der Waals surface area contributed by atoms with Gasteiger partial charge < -0.3 is 5.11 Å². The Morgan fingerprint density at radius 1 is 1.50 bits per heavy atom. The van der Waals surface area contributed by atoms with Gasteiger partial charge in [-0.15, -0.1) is 6.42 Å². The van der Waals surface area contributed by atoms with Gasteiger partial charge in [-0.3, -0.25) is 0 Å². The van der Waals surface area contributed by atoms with Crippen molar-refractivity contribution in [2.45, 2.75) is 33.6 Å². The van der Waals surface area contributed by atoms with Crippen LogP contribution in [0.4, 0.5) is 0 Å². The van der Waals surface area contributed by atoms with Crippen LogP contribution in [0.15, 0.2) is 0 Å². The summed E-state index contributed by atoms with van der Waals surface area (Å²) in [6, 6.07) is 0. The average Bonchev–Trinajstić information content (AvgIpc) is 2.25. The van der Waals surface area contributed by atoms with Crippen molar-refractivity contribution >= 4 is 0 Å². The second-order valence-corrected chi connectivity index (χ2v) is 4.62. The van der Waals surface area contributed by atoms with Crippen molar-refractivity contribution in [3.05, 3.63) is 0 Å². The first-order valence-electron chi connectivity index (χ1n) is 4.56. The number of aliphatic hydroxyl groups excluding tert-OH is 1. The van der Waals surface area contributed by atoms with Gasteiger partial charge in [0.05, 0.1) is 0 Å². The molecule has 0 radical (unpaired) electrons. The standard InChI is InChI=1S/C11H18O/c1-5-11(4)7-6-9(8-12)10(11,2)3/h1,9,12H,6-8H2,2-4H3/t9-,11+/m0/s1. The van der Waals surface area contributed by atoms with Crippen molar-refractivity contribution < 1.29 is 5.11 Å². The maximum atomic E-state index is 9.16. The molecule has 0 aromatic heterocycles. The van der Waals surface area contributed by atoms with Crippen LogP contribution in [0, 0.1) is 29.1 Å². The summed E-state index contributed by atoms with van der Waals surface area (Å²) in [4.78, 5) is 0. The molecule has 0 aliphatic heterocycles. The molecule has 1 nitrogen and oxygen atoms in total. The zero-order valence-electron chi connectivity index (χ0n) is 8.22. The van der Waals surface area contributed by atoms with Crippen LogP contribution in [-0.4, -0.2) is 11.7 Å². The molecule has 1 saturated carbocycles. The number of hydrogen-bond acceptors (Lipinski definition) is 1. The Balaban J connectivity index is 2.93. The normalized spacial score (nSPS) is 39.4. The third-order valence-electron chi connectivity index (χ3n) is 3.97. The van der Waals surface area contributed by atoms with Gasteiger partial charge in [-0.1, -0.05) is 19.8 Å². The van der Waals surface area contributed by atoms with E-state index in [1.165, 1.54) is 0 Å². The topological polar surface area (TPSA) is 20.2 Å². The van der Waals surface area contributed by atoms with E-state index in [0.29, 0.717) is 5.92 Å². The Kier molecular flexibility index (Phi) is 2.23. The lowest BCUT2D eigenvalue weighted by Crippen LogP contribution is -2.34. The zero-order chi connectivity index (χ0) is 9.41. The highest BCUT2D eigenvalue weighted by Gasteiger charge is 2.49. The first kappa shape index (κ1) is 9.61. The SMILES string of the molecule is C#C[C@]1(C)CC[C@@H](CO)C1(C)C. The smallest absolute Gasteiger partial charge is 0.0464 e. The Labute approximate surface area is 75.2 Å². The molecule has 1 rings (SSSR count). The van der Waals surface area contributed by atoms with Gasteiger partial charge in [0.2, 0.25) is 0 Å². The predicted molar refractivity (Wildman–Crippen MR) is 50.5 cm³/mol. The van der Waals surface area contributed by atoms with E-state index in [-0.39, 0.29) is 17.4 Å². The molecule has 0 saturated heterocycles. The van der Waals surface area contributed by atoms with Gasteiger partial charge >= 0.3 is 0 Å². The van der Waals surface area contributed by atoms with Crippen molar-refractivity contribution in [1.82, 2.24) is 0 Å². The van der Waals surface area contributed by atoms with Crippen LogP contribution < -0.4 is 0 Å². The molecule has 2 atom stereocenters. The molecule has 1 aliphatic carbocycles. The Morgan fingerprint density at radius 2 is 2.08 bits per heavy atom. The van der Waals surface area contributed by atoms with Gasteiger partial charge in [0.25, 0.3) is 0 Å². The second-order valence-electron chi connectivity index (χ2n) is 4.62. The van der Waals surface area contributed by atoms with Crippen molar-refractivity contribution in [2.75, 3.05) is 6.61 Å². The quantitative estimate of drug-likeness (QED) is 0.591. The molecule has 68 valence electrons. The Bertz CT molecular complexity index is 212. The molecular weight excluding hydrogens is 148 g/mol. The number of rotatable bonds is 1. The van der Waals surface area contributed by atoms with Crippen LogP contribution in [-0.2, 0) is 0 Å². The van der Waals surface area contributed by atoms with Crippen molar-refractivity contribution in [2.24, 2.45) is 16.7 Å². The van der Waals surface area contributed by atoms with E-state index in [2.05, 4.69) is 26.7 Å². The van der Waals surface area contributed by atoms with Gasteiger partial charge in [-0.2, -0.15) is 0 Å². The van der Waals surface area contributed by atoms with Crippen molar-refractivity contribution in [3.63, 3.8) is 0 Å². The zero-order valence-corrected chi connectivity index (χ0v) is 8.22. The molecule has 0 spiro atoms. The minimum Gasteiger partial charge on any atom is -0.396 e. The fourth-order valence-electron chi connectivity index (χ4n) is 2.17. The lowest BCUT2D eigenvalue weighted by molar-refractivity contribution is 0.0914. The van der Waals surface area contributed by atoms with E-state index in [1.807, 2.05) is 0 Å². The Hall–Kier alpha value is -0.480. The summed E-state index contributed by atoms with van der Waals surface area (Å²) in [7, 11) is 0.